The Hall–Kier alpha value is -3.09. The zero-order chi connectivity index (χ0) is 16.8. The Morgan fingerprint density at radius 3 is 2.39 bits per heavy atom. The van der Waals surface area contributed by atoms with Crippen LogP contribution in [0.15, 0.2) is 36.4 Å². The lowest BCUT2D eigenvalue weighted by molar-refractivity contribution is -0.123. The van der Waals surface area contributed by atoms with Gasteiger partial charge in [-0.15, -0.1) is 0 Å². The number of barbiturate groups is 1. The number of amides is 4. The van der Waals surface area contributed by atoms with Gasteiger partial charge in [0.15, 0.2) is 11.5 Å². The molecule has 7 nitrogen and oxygen atoms in total. The van der Waals surface area contributed by atoms with Crippen LogP contribution in [0.5, 0.6) is 11.5 Å². The van der Waals surface area contributed by atoms with Crippen molar-refractivity contribution < 1.29 is 23.9 Å². The number of urea groups is 1. The monoisotopic (exact) mass is 316 g/mol. The van der Waals surface area contributed by atoms with Crippen LogP contribution in [0.4, 0.5) is 4.79 Å². The average molecular weight is 316 g/mol. The van der Waals surface area contributed by atoms with Gasteiger partial charge in [0.2, 0.25) is 0 Å². The zero-order valence-corrected chi connectivity index (χ0v) is 12.5. The second-order valence-electron chi connectivity index (χ2n) is 4.53. The normalized spacial score (nSPS) is 14.0. The molecule has 1 aromatic rings. The molecule has 0 bridgehead atoms. The number of carbonyl (C=O) groups is 3. The predicted octanol–water partition coefficient (Wildman–Crippen LogP) is 1.40. The van der Waals surface area contributed by atoms with Crippen LogP contribution in [-0.2, 0) is 9.59 Å². The van der Waals surface area contributed by atoms with Crippen molar-refractivity contribution in [3.63, 3.8) is 0 Å². The lowest BCUT2D eigenvalue weighted by Crippen LogP contribution is -2.51. The first-order chi connectivity index (χ1) is 11.0. The third-order valence-electron chi connectivity index (χ3n) is 2.88. The summed E-state index contributed by atoms with van der Waals surface area (Å²) in [6.07, 6.45) is 2.98. The van der Waals surface area contributed by atoms with Gasteiger partial charge in [-0.2, -0.15) is 0 Å². The van der Waals surface area contributed by atoms with Gasteiger partial charge >= 0.3 is 6.03 Å². The number of rotatable bonds is 6. The average Bonchev–Trinajstić information content (AvgIpc) is 2.50. The lowest BCUT2D eigenvalue weighted by Gasteiger charge is -2.15. The second kappa shape index (κ2) is 7.26. The van der Waals surface area contributed by atoms with Crippen LogP contribution in [0.25, 0.3) is 6.08 Å². The number of hydrogen-bond acceptors (Lipinski definition) is 5. The Kier molecular flexibility index (Phi) is 5.14. The molecular weight excluding hydrogens is 300 g/mol. The minimum absolute atomic E-state index is 0.160. The van der Waals surface area contributed by atoms with E-state index in [0.717, 1.165) is 0 Å². The van der Waals surface area contributed by atoms with Crippen molar-refractivity contribution in [2.24, 2.45) is 0 Å². The fraction of sp³-hybridized carbons (Fsp3) is 0.188. The van der Waals surface area contributed by atoms with Gasteiger partial charge in [0, 0.05) is 0 Å². The van der Waals surface area contributed by atoms with Crippen LogP contribution < -0.4 is 20.1 Å². The van der Waals surface area contributed by atoms with Crippen LogP contribution in [0, 0.1) is 0 Å². The quantitative estimate of drug-likeness (QED) is 0.470. The zero-order valence-electron chi connectivity index (χ0n) is 12.5. The van der Waals surface area contributed by atoms with Crippen LogP contribution >= 0.6 is 0 Å². The first kappa shape index (κ1) is 16.3. The Bertz CT molecular complexity index is 672. The molecule has 1 aromatic carbocycles. The van der Waals surface area contributed by atoms with E-state index in [1.54, 1.807) is 24.3 Å². The van der Waals surface area contributed by atoms with Gasteiger partial charge in [-0.1, -0.05) is 18.7 Å². The molecule has 0 atom stereocenters. The van der Waals surface area contributed by atoms with Crippen LogP contribution in [0.3, 0.4) is 0 Å². The predicted molar refractivity (Wildman–Crippen MR) is 83.0 cm³/mol. The molecule has 2 rings (SSSR count). The van der Waals surface area contributed by atoms with Crippen molar-refractivity contribution in [2.75, 3.05) is 13.2 Å². The standard InChI is InChI=1S/C16H16N2O5/c1-3-7-23-12-6-5-10(9-13(12)22-4-2)8-11-14(19)17-16(21)18-15(11)20/h3,5-6,8-9H,1,4,7H2,2H3,(H2,17,18,19,20,21). The molecule has 1 heterocycles. The maximum absolute atomic E-state index is 11.7. The molecule has 0 aliphatic carbocycles. The first-order valence-corrected chi connectivity index (χ1v) is 6.94. The van der Waals surface area contributed by atoms with E-state index in [0.29, 0.717) is 30.3 Å². The van der Waals surface area contributed by atoms with E-state index < -0.39 is 17.8 Å². The molecule has 120 valence electrons. The van der Waals surface area contributed by atoms with E-state index in [4.69, 9.17) is 9.47 Å². The summed E-state index contributed by atoms with van der Waals surface area (Å²) < 4.78 is 11.0. The van der Waals surface area contributed by atoms with E-state index in [1.807, 2.05) is 17.6 Å². The number of nitrogens with one attached hydrogen (secondary N) is 2. The summed E-state index contributed by atoms with van der Waals surface area (Å²) >= 11 is 0. The summed E-state index contributed by atoms with van der Waals surface area (Å²) in [5.74, 6) is -0.481. The maximum Gasteiger partial charge on any atom is 0.328 e. The van der Waals surface area contributed by atoms with Crippen molar-refractivity contribution in [3.8, 4) is 11.5 Å². The smallest absolute Gasteiger partial charge is 0.328 e. The number of benzene rings is 1. The third kappa shape index (κ3) is 3.97. The molecule has 0 spiro atoms. The summed E-state index contributed by atoms with van der Waals surface area (Å²) in [6.45, 7) is 6.16. The lowest BCUT2D eigenvalue weighted by atomic mass is 10.1. The largest absolute Gasteiger partial charge is 0.490 e. The highest BCUT2D eigenvalue weighted by molar-refractivity contribution is 6.31. The topological polar surface area (TPSA) is 93.7 Å². The van der Waals surface area contributed by atoms with Gasteiger partial charge in [-0.05, 0) is 30.7 Å². The summed E-state index contributed by atoms with van der Waals surface area (Å²) in [5.41, 5.74) is 0.404. The van der Waals surface area contributed by atoms with Gasteiger partial charge in [0.05, 0.1) is 6.61 Å². The van der Waals surface area contributed by atoms with Crippen LogP contribution in [-0.4, -0.2) is 31.1 Å². The molecule has 2 N–H and O–H groups in total. The SMILES string of the molecule is C=CCOc1ccc(C=C2C(=O)NC(=O)NC2=O)cc1OCC. The second-order valence-corrected chi connectivity index (χ2v) is 4.53. The molecule has 0 saturated carbocycles. The summed E-state index contributed by atoms with van der Waals surface area (Å²) in [5, 5.41) is 4.03. The number of imide groups is 2. The fourth-order valence-corrected chi connectivity index (χ4v) is 1.92. The fourth-order valence-electron chi connectivity index (χ4n) is 1.92. The Labute approximate surface area is 133 Å². The Balaban J connectivity index is 2.32. The van der Waals surface area contributed by atoms with E-state index >= 15 is 0 Å². The third-order valence-corrected chi connectivity index (χ3v) is 2.88. The van der Waals surface area contributed by atoms with E-state index in [2.05, 4.69) is 6.58 Å². The maximum atomic E-state index is 11.7. The molecule has 0 unspecified atom stereocenters. The summed E-state index contributed by atoms with van der Waals surface area (Å²) in [7, 11) is 0. The van der Waals surface area contributed by atoms with Crippen LogP contribution in [0.2, 0.25) is 0 Å². The van der Waals surface area contributed by atoms with E-state index in [-0.39, 0.29) is 5.57 Å². The molecule has 4 amide bonds. The van der Waals surface area contributed by atoms with E-state index in [9.17, 15) is 14.4 Å². The van der Waals surface area contributed by atoms with Gasteiger partial charge in [0.1, 0.15) is 12.2 Å². The van der Waals surface area contributed by atoms with Crippen molar-refractivity contribution in [2.45, 2.75) is 6.92 Å². The van der Waals surface area contributed by atoms with Crippen LogP contribution in [0.1, 0.15) is 12.5 Å². The van der Waals surface area contributed by atoms with E-state index in [1.165, 1.54) is 6.08 Å². The van der Waals surface area contributed by atoms with Crippen molar-refractivity contribution in [1.29, 1.82) is 0 Å². The molecule has 0 radical (unpaired) electrons. The molecule has 1 aliphatic heterocycles. The first-order valence-electron chi connectivity index (χ1n) is 6.94. The molecule has 7 heteroatoms. The number of ether oxygens (including phenoxy) is 2. The Morgan fingerprint density at radius 2 is 1.78 bits per heavy atom. The highest BCUT2D eigenvalue weighted by atomic mass is 16.5. The molecule has 1 aliphatic rings. The van der Waals surface area contributed by atoms with Gasteiger partial charge in [-0.3, -0.25) is 20.2 Å². The van der Waals surface area contributed by atoms with Gasteiger partial charge < -0.3 is 9.47 Å². The van der Waals surface area contributed by atoms with Crippen molar-refractivity contribution >= 4 is 23.9 Å². The molecule has 1 fully saturated rings. The Morgan fingerprint density at radius 1 is 1.09 bits per heavy atom. The number of hydrogen-bond donors (Lipinski definition) is 2. The summed E-state index contributed by atoms with van der Waals surface area (Å²) in [4.78, 5) is 34.5. The molecule has 1 saturated heterocycles. The highest BCUT2D eigenvalue weighted by Crippen LogP contribution is 2.29. The highest BCUT2D eigenvalue weighted by Gasteiger charge is 2.27. The molecular formula is C16H16N2O5. The molecule has 23 heavy (non-hydrogen) atoms. The van der Waals surface area contributed by atoms with Crippen molar-refractivity contribution in [3.05, 3.63) is 42.0 Å². The van der Waals surface area contributed by atoms with Crippen molar-refractivity contribution in [1.82, 2.24) is 10.6 Å². The van der Waals surface area contributed by atoms with Gasteiger partial charge in [0.25, 0.3) is 11.8 Å². The number of carbonyl (C=O) groups excluding carboxylic acids is 3. The minimum Gasteiger partial charge on any atom is -0.490 e. The minimum atomic E-state index is -0.833. The summed E-state index contributed by atoms with van der Waals surface area (Å²) in [6, 6.07) is 4.15. The van der Waals surface area contributed by atoms with Gasteiger partial charge in [-0.25, -0.2) is 4.79 Å². The molecule has 0 aromatic heterocycles.